The van der Waals surface area contributed by atoms with E-state index in [2.05, 4.69) is 53.8 Å². The molecule has 112 valence electrons. The highest BCUT2D eigenvalue weighted by atomic mass is 15.2. The summed E-state index contributed by atoms with van der Waals surface area (Å²) in [7, 11) is 0. The molecule has 0 spiro atoms. The SMILES string of the molecule is CCNC(=NCCCNc1ccccc1)NC(C)CC. The number of nitrogens with zero attached hydrogens (tertiary/aromatic N) is 1. The highest BCUT2D eigenvalue weighted by molar-refractivity contribution is 5.80. The highest BCUT2D eigenvalue weighted by Crippen LogP contribution is 2.04. The Morgan fingerprint density at radius 2 is 1.95 bits per heavy atom. The van der Waals surface area contributed by atoms with Gasteiger partial charge >= 0.3 is 0 Å². The van der Waals surface area contributed by atoms with Gasteiger partial charge < -0.3 is 16.0 Å². The summed E-state index contributed by atoms with van der Waals surface area (Å²) in [5, 5.41) is 10.1. The Hall–Kier alpha value is -1.71. The summed E-state index contributed by atoms with van der Waals surface area (Å²) in [6, 6.07) is 10.7. The molecular formula is C16H28N4. The molecule has 1 aromatic rings. The maximum absolute atomic E-state index is 4.59. The molecule has 0 fully saturated rings. The lowest BCUT2D eigenvalue weighted by Crippen LogP contribution is -2.42. The van der Waals surface area contributed by atoms with Crippen LogP contribution in [0.1, 0.15) is 33.6 Å². The summed E-state index contributed by atoms with van der Waals surface area (Å²) in [5.74, 6) is 0.918. The minimum Gasteiger partial charge on any atom is -0.385 e. The fraction of sp³-hybridized carbons (Fsp3) is 0.562. The van der Waals surface area contributed by atoms with E-state index in [1.807, 2.05) is 18.2 Å². The molecule has 0 radical (unpaired) electrons. The van der Waals surface area contributed by atoms with Gasteiger partial charge in [-0.15, -0.1) is 0 Å². The molecule has 4 nitrogen and oxygen atoms in total. The van der Waals surface area contributed by atoms with Gasteiger partial charge in [-0.1, -0.05) is 25.1 Å². The number of hydrogen-bond donors (Lipinski definition) is 3. The van der Waals surface area contributed by atoms with Gasteiger partial charge in [0, 0.05) is 31.4 Å². The number of guanidine groups is 1. The minimum absolute atomic E-state index is 0.454. The number of para-hydroxylation sites is 1. The average Bonchev–Trinajstić information content (AvgIpc) is 2.48. The van der Waals surface area contributed by atoms with Crippen molar-refractivity contribution in [2.24, 2.45) is 4.99 Å². The van der Waals surface area contributed by atoms with Gasteiger partial charge in [0.15, 0.2) is 5.96 Å². The van der Waals surface area contributed by atoms with Gasteiger partial charge in [0.2, 0.25) is 0 Å². The number of benzene rings is 1. The zero-order valence-electron chi connectivity index (χ0n) is 12.9. The Morgan fingerprint density at radius 3 is 2.60 bits per heavy atom. The lowest BCUT2D eigenvalue weighted by atomic mass is 10.3. The van der Waals surface area contributed by atoms with E-state index in [9.17, 15) is 0 Å². The van der Waals surface area contributed by atoms with Crippen LogP contribution in [0.4, 0.5) is 5.69 Å². The molecule has 3 N–H and O–H groups in total. The van der Waals surface area contributed by atoms with Crippen molar-refractivity contribution in [1.29, 1.82) is 0 Å². The van der Waals surface area contributed by atoms with Gasteiger partial charge in [0.25, 0.3) is 0 Å². The van der Waals surface area contributed by atoms with Crippen LogP contribution in [0.2, 0.25) is 0 Å². The van der Waals surface area contributed by atoms with Crippen molar-refractivity contribution in [3.8, 4) is 0 Å². The van der Waals surface area contributed by atoms with E-state index in [4.69, 9.17) is 0 Å². The van der Waals surface area contributed by atoms with Crippen molar-refractivity contribution in [3.05, 3.63) is 30.3 Å². The average molecular weight is 276 g/mol. The van der Waals surface area contributed by atoms with E-state index >= 15 is 0 Å². The van der Waals surface area contributed by atoms with Crippen LogP contribution in [0, 0.1) is 0 Å². The van der Waals surface area contributed by atoms with E-state index in [0.717, 1.165) is 38.4 Å². The third-order valence-corrected chi connectivity index (χ3v) is 3.05. The number of hydrogen-bond acceptors (Lipinski definition) is 2. The van der Waals surface area contributed by atoms with Gasteiger partial charge in [-0.05, 0) is 38.8 Å². The molecule has 0 heterocycles. The molecule has 1 atom stereocenters. The number of anilines is 1. The smallest absolute Gasteiger partial charge is 0.191 e. The molecule has 1 unspecified atom stereocenters. The second-order valence-electron chi connectivity index (χ2n) is 4.86. The Labute approximate surface area is 123 Å². The van der Waals surface area contributed by atoms with Gasteiger partial charge in [0.05, 0.1) is 0 Å². The summed E-state index contributed by atoms with van der Waals surface area (Å²) in [6.07, 6.45) is 2.12. The first kappa shape index (κ1) is 16.3. The first-order chi connectivity index (χ1) is 9.76. The van der Waals surface area contributed by atoms with Crippen LogP contribution in [-0.4, -0.2) is 31.6 Å². The van der Waals surface area contributed by atoms with Gasteiger partial charge in [-0.3, -0.25) is 4.99 Å². The molecule has 1 aromatic carbocycles. The van der Waals surface area contributed by atoms with Crippen molar-refractivity contribution in [2.75, 3.05) is 25.0 Å². The number of rotatable bonds is 8. The van der Waals surface area contributed by atoms with Crippen LogP contribution in [0.5, 0.6) is 0 Å². The van der Waals surface area contributed by atoms with Crippen molar-refractivity contribution in [2.45, 2.75) is 39.7 Å². The molecule has 0 saturated carbocycles. The fourth-order valence-electron chi connectivity index (χ4n) is 1.71. The predicted molar refractivity (Wildman–Crippen MR) is 88.4 cm³/mol. The topological polar surface area (TPSA) is 48.5 Å². The maximum atomic E-state index is 4.59. The Bertz CT molecular complexity index is 375. The summed E-state index contributed by atoms with van der Waals surface area (Å²) in [6.45, 7) is 9.09. The summed E-state index contributed by atoms with van der Waals surface area (Å²) < 4.78 is 0. The van der Waals surface area contributed by atoms with E-state index in [0.29, 0.717) is 6.04 Å². The fourth-order valence-corrected chi connectivity index (χ4v) is 1.71. The number of nitrogens with one attached hydrogen (secondary N) is 3. The van der Waals surface area contributed by atoms with Crippen molar-refractivity contribution < 1.29 is 0 Å². The first-order valence-electron chi connectivity index (χ1n) is 7.60. The molecule has 0 aliphatic rings. The standard InChI is InChI=1S/C16H28N4/c1-4-14(3)20-16(17-5-2)19-13-9-12-18-15-10-7-6-8-11-15/h6-8,10-11,14,18H,4-5,9,12-13H2,1-3H3,(H2,17,19,20). The van der Waals surface area contributed by atoms with Crippen LogP contribution < -0.4 is 16.0 Å². The quantitative estimate of drug-likeness (QED) is 0.389. The van der Waals surface area contributed by atoms with Crippen molar-refractivity contribution >= 4 is 11.6 Å². The molecule has 0 aromatic heterocycles. The summed E-state index contributed by atoms with van der Waals surface area (Å²) in [4.78, 5) is 4.59. The van der Waals surface area contributed by atoms with E-state index in [1.165, 1.54) is 5.69 Å². The highest BCUT2D eigenvalue weighted by Gasteiger charge is 2.01. The van der Waals surface area contributed by atoms with E-state index < -0.39 is 0 Å². The van der Waals surface area contributed by atoms with Crippen molar-refractivity contribution in [1.82, 2.24) is 10.6 Å². The molecule has 4 heteroatoms. The minimum atomic E-state index is 0.454. The van der Waals surface area contributed by atoms with Gasteiger partial charge in [0.1, 0.15) is 0 Å². The first-order valence-corrected chi connectivity index (χ1v) is 7.60. The van der Waals surface area contributed by atoms with Gasteiger partial charge in [-0.25, -0.2) is 0 Å². The maximum Gasteiger partial charge on any atom is 0.191 e. The summed E-state index contributed by atoms with van der Waals surface area (Å²) >= 11 is 0. The molecule has 1 rings (SSSR count). The lowest BCUT2D eigenvalue weighted by Gasteiger charge is -2.16. The Kier molecular flexibility index (Phi) is 8.27. The van der Waals surface area contributed by atoms with E-state index in [1.54, 1.807) is 0 Å². The van der Waals surface area contributed by atoms with Crippen LogP contribution in [0.15, 0.2) is 35.3 Å². The van der Waals surface area contributed by atoms with Crippen LogP contribution >= 0.6 is 0 Å². The van der Waals surface area contributed by atoms with Crippen molar-refractivity contribution in [3.63, 3.8) is 0 Å². The predicted octanol–water partition coefficient (Wildman–Crippen LogP) is 2.84. The molecule has 0 aliphatic carbocycles. The third kappa shape index (κ3) is 7.02. The van der Waals surface area contributed by atoms with Crippen LogP contribution in [-0.2, 0) is 0 Å². The zero-order valence-corrected chi connectivity index (χ0v) is 12.9. The monoisotopic (exact) mass is 276 g/mol. The largest absolute Gasteiger partial charge is 0.385 e. The van der Waals surface area contributed by atoms with E-state index in [-0.39, 0.29) is 0 Å². The normalized spacial score (nSPS) is 12.8. The second-order valence-corrected chi connectivity index (χ2v) is 4.86. The lowest BCUT2D eigenvalue weighted by molar-refractivity contribution is 0.624. The van der Waals surface area contributed by atoms with Gasteiger partial charge in [-0.2, -0.15) is 0 Å². The Balaban J connectivity index is 2.26. The molecule has 0 aliphatic heterocycles. The number of aliphatic imine (C=N–C) groups is 1. The molecule has 0 saturated heterocycles. The second kappa shape index (κ2) is 10.1. The molecule has 0 bridgehead atoms. The third-order valence-electron chi connectivity index (χ3n) is 3.05. The zero-order chi connectivity index (χ0) is 14.6. The van der Waals surface area contributed by atoms with Crippen LogP contribution in [0.3, 0.4) is 0 Å². The Morgan fingerprint density at radius 1 is 1.20 bits per heavy atom. The molecule has 20 heavy (non-hydrogen) atoms. The molecular weight excluding hydrogens is 248 g/mol. The summed E-state index contributed by atoms with van der Waals surface area (Å²) in [5.41, 5.74) is 1.17. The van der Waals surface area contributed by atoms with Crippen LogP contribution in [0.25, 0.3) is 0 Å². The molecule has 0 amide bonds.